The summed E-state index contributed by atoms with van der Waals surface area (Å²) in [6.45, 7) is 0.967. The molecule has 0 aliphatic carbocycles. The van der Waals surface area contributed by atoms with Crippen LogP contribution in [0.15, 0.2) is 24.4 Å². The van der Waals surface area contributed by atoms with Gasteiger partial charge in [0.1, 0.15) is 11.3 Å². The highest BCUT2D eigenvalue weighted by Crippen LogP contribution is 2.30. The summed E-state index contributed by atoms with van der Waals surface area (Å²) >= 11 is 0. The molecule has 0 atom stereocenters. The molecule has 0 amide bonds. The smallest absolute Gasteiger partial charge is 0.451 e. The first-order chi connectivity index (χ1) is 14.3. The molecule has 12 heteroatoms. The number of para-hydroxylation sites is 1. The highest BCUT2D eigenvalue weighted by Gasteiger charge is 2.36. The Balaban J connectivity index is 1.46. The molecule has 0 spiro atoms. The lowest BCUT2D eigenvalue weighted by atomic mass is 10.2. The number of nitrogens with two attached hydrogens (primary N) is 1. The van der Waals surface area contributed by atoms with Crippen LogP contribution in [0.2, 0.25) is 0 Å². The summed E-state index contributed by atoms with van der Waals surface area (Å²) in [5.41, 5.74) is 8.17. The van der Waals surface area contributed by atoms with E-state index in [1.165, 1.54) is 10.7 Å². The quantitative estimate of drug-likeness (QED) is 0.542. The molecule has 154 valence electrons. The van der Waals surface area contributed by atoms with Crippen LogP contribution in [0.25, 0.3) is 16.6 Å². The van der Waals surface area contributed by atoms with Crippen LogP contribution in [0.1, 0.15) is 22.9 Å². The number of aromatic nitrogens is 6. The van der Waals surface area contributed by atoms with Gasteiger partial charge in [0.05, 0.1) is 19.3 Å². The summed E-state index contributed by atoms with van der Waals surface area (Å²) in [6.07, 6.45) is -3.35. The number of methoxy groups -OCH3 is 1. The van der Waals surface area contributed by atoms with Crippen LogP contribution < -0.4 is 10.5 Å². The van der Waals surface area contributed by atoms with Crippen LogP contribution in [-0.4, -0.2) is 41.6 Å². The van der Waals surface area contributed by atoms with Gasteiger partial charge >= 0.3 is 6.18 Å². The first kappa shape index (κ1) is 18.5. The van der Waals surface area contributed by atoms with Crippen molar-refractivity contribution in [2.45, 2.75) is 25.8 Å². The van der Waals surface area contributed by atoms with Gasteiger partial charge in [0.25, 0.3) is 0 Å². The number of halogens is 3. The summed E-state index contributed by atoms with van der Waals surface area (Å²) in [4.78, 5) is 17.9. The Morgan fingerprint density at radius 2 is 2.00 bits per heavy atom. The molecule has 1 aliphatic rings. The van der Waals surface area contributed by atoms with Gasteiger partial charge in [0.2, 0.25) is 11.8 Å². The van der Waals surface area contributed by atoms with Gasteiger partial charge in [-0.2, -0.15) is 17.7 Å². The summed E-state index contributed by atoms with van der Waals surface area (Å²) in [7, 11) is 1.55. The molecule has 4 aromatic rings. The molecular weight excluding hydrogens is 401 g/mol. The minimum absolute atomic E-state index is 0.158. The Kier molecular flexibility index (Phi) is 4.00. The van der Waals surface area contributed by atoms with E-state index in [4.69, 9.17) is 10.5 Å². The average molecular weight is 416 g/mol. The number of nitrogen functional groups attached to an aromatic ring is 1. The van der Waals surface area contributed by atoms with Gasteiger partial charge in [-0.25, -0.2) is 19.9 Å². The number of nitrogens with zero attached hydrogens (tertiary/aromatic N) is 7. The maximum absolute atomic E-state index is 12.9. The lowest BCUT2D eigenvalue weighted by molar-refractivity contribution is -0.145. The van der Waals surface area contributed by atoms with E-state index < -0.39 is 12.0 Å². The summed E-state index contributed by atoms with van der Waals surface area (Å²) in [5.74, 6) is 0.0651. The van der Waals surface area contributed by atoms with Gasteiger partial charge in [0.15, 0.2) is 11.5 Å². The Labute approximate surface area is 167 Å². The Morgan fingerprint density at radius 3 is 2.77 bits per heavy atom. The minimum atomic E-state index is -4.57. The summed E-state index contributed by atoms with van der Waals surface area (Å²) < 4.78 is 45.3. The first-order valence-electron chi connectivity index (χ1n) is 8.95. The second kappa shape index (κ2) is 6.49. The van der Waals surface area contributed by atoms with Crippen molar-refractivity contribution in [3.8, 4) is 5.75 Å². The van der Waals surface area contributed by atoms with E-state index >= 15 is 0 Å². The maximum atomic E-state index is 12.9. The fourth-order valence-corrected chi connectivity index (χ4v) is 3.57. The lowest BCUT2D eigenvalue weighted by Gasteiger charge is -2.10. The van der Waals surface area contributed by atoms with Crippen LogP contribution in [0.3, 0.4) is 0 Å². The fraction of sp³-hybridized carbons (Fsp3) is 0.278. The average Bonchev–Trinajstić information content (AvgIpc) is 3.30. The van der Waals surface area contributed by atoms with E-state index in [0.717, 1.165) is 5.39 Å². The van der Waals surface area contributed by atoms with Crippen molar-refractivity contribution in [2.24, 2.45) is 0 Å². The molecule has 0 fully saturated rings. The molecule has 1 aliphatic heterocycles. The third kappa shape index (κ3) is 2.96. The zero-order valence-electron chi connectivity index (χ0n) is 15.7. The van der Waals surface area contributed by atoms with E-state index in [1.54, 1.807) is 13.2 Å². The zero-order chi connectivity index (χ0) is 21.0. The lowest BCUT2D eigenvalue weighted by Crippen LogP contribution is -2.17. The highest BCUT2D eigenvalue weighted by atomic mass is 19.4. The third-order valence-corrected chi connectivity index (χ3v) is 4.89. The number of hydrogen-bond acceptors (Lipinski definition) is 8. The SMILES string of the molecule is COc1cccc2c1nc(N)n1nc(CN3Cc4cnc(C(F)(F)F)nc4C3)nc21. The highest BCUT2D eigenvalue weighted by molar-refractivity contribution is 5.95. The second-order valence-corrected chi connectivity index (χ2v) is 6.90. The predicted octanol–water partition coefficient (Wildman–Crippen LogP) is 2.19. The predicted molar refractivity (Wildman–Crippen MR) is 99.2 cm³/mol. The molecule has 0 unspecified atom stereocenters. The molecule has 0 saturated carbocycles. The van der Waals surface area contributed by atoms with Crippen molar-refractivity contribution in [1.29, 1.82) is 0 Å². The number of anilines is 1. The molecule has 0 saturated heterocycles. The topological polar surface area (TPSA) is 107 Å². The molecule has 9 nitrogen and oxygen atoms in total. The van der Waals surface area contributed by atoms with E-state index in [2.05, 4.69) is 25.0 Å². The molecule has 30 heavy (non-hydrogen) atoms. The van der Waals surface area contributed by atoms with Gasteiger partial charge in [0, 0.05) is 30.2 Å². The zero-order valence-corrected chi connectivity index (χ0v) is 15.7. The van der Waals surface area contributed by atoms with Crippen LogP contribution in [-0.2, 0) is 25.8 Å². The molecule has 4 heterocycles. The number of rotatable bonds is 3. The van der Waals surface area contributed by atoms with Crippen molar-refractivity contribution >= 4 is 22.5 Å². The molecule has 5 rings (SSSR count). The minimum Gasteiger partial charge on any atom is -0.494 e. The van der Waals surface area contributed by atoms with Crippen LogP contribution in [0.4, 0.5) is 19.1 Å². The van der Waals surface area contributed by atoms with Gasteiger partial charge < -0.3 is 10.5 Å². The normalized spacial score (nSPS) is 14.5. The molecule has 0 bridgehead atoms. The van der Waals surface area contributed by atoms with Crippen molar-refractivity contribution < 1.29 is 17.9 Å². The molecule has 0 radical (unpaired) electrons. The van der Waals surface area contributed by atoms with Gasteiger partial charge in [-0.3, -0.25) is 4.90 Å². The number of benzene rings is 1. The van der Waals surface area contributed by atoms with E-state index in [9.17, 15) is 13.2 Å². The second-order valence-electron chi connectivity index (χ2n) is 6.90. The maximum Gasteiger partial charge on any atom is 0.451 e. The van der Waals surface area contributed by atoms with Crippen molar-refractivity contribution in [3.63, 3.8) is 0 Å². The third-order valence-electron chi connectivity index (χ3n) is 4.89. The van der Waals surface area contributed by atoms with Gasteiger partial charge in [-0.15, -0.1) is 5.10 Å². The summed E-state index contributed by atoms with van der Waals surface area (Å²) in [5, 5.41) is 5.15. The van der Waals surface area contributed by atoms with E-state index in [1.807, 2.05) is 17.0 Å². The fourth-order valence-electron chi connectivity index (χ4n) is 3.57. The number of fused-ring (bicyclic) bond motifs is 4. The first-order valence-corrected chi connectivity index (χ1v) is 8.95. The van der Waals surface area contributed by atoms with Gasteiger partial charge in [-0.1, -0.05) is 6.07 Å². The van der Waals surface area contributed by atoms with Crippen molar-refractivity contribution in [2.75, 3.05) is 12.8 Å². The molecule has 1 aromatic carbocycles. The van der Waals surface area contributed by atoms with Crippen LogP contribution in [0.5, 0.6) is 5.75 Å². The van der Waals surface area contributed by atoms with E-state index in [0.29, 0.717) is 47.1 Å². The van der Waals surface area contributed by atoms with E-state index in [-0.39, 0.29) is 12.5 Å². The molecule has 2 N–H and O–H groups in total. The Bertz CT molecular complexity index is 1290. The molecular formula is C18H15F3N8O. The number of alkyl halides is 3. The summed E-state index contributed by atoms with van der Waals surface area (Å²) in [6, 6.07) is 5.44. The van der Waals surface area contributed by atoms with Crippen molar-refractivity contribution in [1.82, 2.24) is 34.4 Å². The Hall–Kier alpha value is -3.54. The Morgan fingerprint density at radius 1 is 1.17 bits per heavy atom. The van der Waals surface area contributed by atoms with Crippen molar-refractivity contribution in [3.05, 3.63) is 47.3 Å². The largest absolute Gasteiger partial charge is 0.494 e. The van der Waals surface area contributed by atoms with Crippen LogP contribution in [0, 0.1) is 0 Å². The monoisotopic (exact) mass is 416 g/mol. The number of hydrogen-bond donors (Lipinski definition) is 1. The van der Waals surface area contributed by atoms with Gasteiger partial charge in [-0.05, 0) is 12.1 Å². The number of ether oxygens (including phenoxy) is 1. The standard InChI is InChI=1S/C18H15F3N8O/c1-30-12-4-2-3-10-14(12)26-17(22)29-15(10)25-13(27-29)8-28-6-9-5-23-16(18(19,20)21)24-11(9)7-28/h2-5H,6-8H2,1H3,(H2,22,26). The molecule has 3 aromatic heterocycles. The van der Waals surface area contributed by atoms with Crippen LogP contribution >= 0.6 is 0 Å².